The van der Waals surface area contributed by atoms with Crippen LogP contribution < -0.4 is 0 Å². The lowest BCUT2D eigenvalue weighted by molar-refractivity contribution is 0.0724. The van der Waals surface area contributed by atoms with E-state index in [1.54, 1.807) is 24.3 Å². The van der Waals surface area contributed by atoms with Crippen molar-refractivity contribution in [2.75, 3.05) is 13.2 Å². The fraction of sp³-hybridized carbons (Fsp3) is 0.467. The molecule has 1 aromatic carbocycles. The molecule has 0 aromatic heterocycles. The van der Waals surface area contributed by atoms with Gasteiger partial charge in [-0.1, -0.05) is 0 Å². The summed E-state index contributed by atoms with van der Waals surface area (Å²) in [7, 11) is 0. The van der Waals surface area contributed by atoms with E-state index in [9.17, 15) is 4.79 Å². The maximum atomic E-state index is 12.4. The Kier molecular flexibility index (Phi) is 4.53. The summed E-state index contributed by atoms with van der Waals surface area (Å²) in [6, 6.07) is 9.06. The van der Waals surface area contributed by atoms with Gasteiger partial charge >= 0.3 is 0 Å². The number of benzene rings is 1. The first-order chi connectivity index (χ1) is 9.26. The van der Waals surface area contributed by atoms with Crippen molar-refractivity contribution < 1.29 is 9.90 Å². The molecular weight excluding hydrogens is 240 g/mol. The van der Waals surface area contributed by atoms with Crippen LogP contribution in [-0.4, -0.2) is 35.1 Å². The number of aliphatic hydroxyl groups excluding tert-OH is 1. The van der Waals surface area contributed by atoms with Crippen molar-refractivity contribution in [2.24, 2.45) is 0 Å². The smallest absolute Gasteiger partial charge is 0.254 e. The van der Waals surface area contributed by atoms with E-state index in [-0.39, 0.29) is 18.6 Å². The number of hydrogen-bond donors (Lipinski definition) is 1. The third kappa shape index (κ3) is 3.12. The first-order valence-corrected chi connectivity index (χ1v) is 6.68. The van der Waals surface area contributed by atoms with Crippen LogP contribution in [-0.2, 0) is 0 Å². The van der Waals surface area contributed by atoms with Crippen molar-refractivity contribution in [3.8, 4) is 6.07 Å². The molecular formula is C15H18N2O2. The van der Waals surface area contributed by atoms with Crippen LogP contribution in [0.15, 0.2) is 24.3 Å². The van der Waals surface area contributed by atoms with Crippen molar-refractivity contribution >= 4 is 5.91 Å². The molecule has 19 heavy (non-hydrogen) atoms. The number of aliphatic hydroxyl groups is 1. The predicted molar refractivity (Wildman–Crippen MR) is 71.5 cm³/mol. The minimum atomic E-state index is 0.0323. The molecule has 2 rings (SSSR count). The van der Waals surface area contributed by atoms with Crippen LogP contribution in [0.5, 0.6) is 0 Å². The molecule has 4 nitrogen and oxygen atoms in total. The lowest BCUT2D eigenvalue weighted by atomic mass is 10.1. The van der Waals surface area contributed by atoms with Gasteiger partial charge in [0.25, 0.3) is 5.91 Å². The monoisotopic (exact) mass is 258 g/mol. The van der Waals surface area contributed by atoms with Crippen molar-refractivity contribution in [3.05, 3.63) is 35.4 Å². The van der Waals surface area contributed by atoms with Gasteiger partial charge in [0.05, 0.1) is 11.6 Å². The molecule has 0 aliphatic carbocycles. The molecule has 100 valence electrons. The maximum absolute atomic E-state index is 12.4. The normalized spacial score (nSPS) is 18.3. The zero-order chi connectivity index (χ0) is 13.7. The third-order valence-corrected chi connectivity index (χ3v) is 3.59. The van der Waals surface area contributed by atoms with Crippen molar-refractivity contribution in [1.82, 2.24) is 4.90 Å². The standard InChI is InChI=1S/C15H18N2O2/c16-11-12-5-7-13(8-6-12)15(19)17-9-1-3-14(17)4-2-10-18/h5-8,14,18H,1-4,9-10H2. The Bertz CT molecular complexity index is 476. The largest absolute Gasteiger partial charge is 0.396 e. The Morgan fingerprint density at radius 2 is 2.16 bits per heavy atom. The van der Waals surface area contributed by atoms with Crippen molar-refractivity contribution in [1.29, 1.82) is 5.26 Å². The first kappa shape index (κ1) is 13.6. The van der Waals surface area contributed by atoms with Gasteiger partial charge in [-0.15, -0.1) is 0 Å². The quantitative estimate of drug-likeness (QED) is 0.897. The van der Waals surface area contributed by atoms with E-state index in [2.05, 4.69) is 0 Å². The molecule has 1 aromatic rings. The van der Waals surface area contributed by atoms with Gasteiger partial charge in [0.1, 0.15) is 0 Å². The van der Waals surface area contributed by atoms with Crippen molar-refractivity contribution in [3.63, 3.8) is 0 Å². The van der Waals surface area contributed by atoms with Gasteiger partial charge in [-0.2, -0.15) is 5.26 Å². The highest BCUT2D eigenvalue weighted by atomic mass is 16.3. The lowest BCUT2D eigenvalue weighted by Crippen LogP contribution is -2.35. The van der Waals surface area contributed by atoms with Crippen LogP contribution in [0.2, 0.25) is 0 Å². The molecule has 1 aliphatic rings. The Labute approximate surface area is 113 Å². The van der Waals surface area contributed by atoms with E-state index < -0.39 is 0 Å². The van der Waals surface area contributed by atoms with E-state index in [4.69, 9.17) is 10.4 Å². The molecule has 0 bridgehead atoms. The number of amides is 1. The molecule has 1 saturated heterocycles. The summed E-state index contributed by atoms with van der Waals surface area (Å²) < 4.78 is 0. The summed E-state index contributed by atoms with van der Waals surface area (Å²) >= 11 is 0. The Morgan fingerprint density at radius 1 is 1.42 bits per heavy atom. The minimum absolute atomic E-state index is 0.0323. The summed E-state index contributed by atoms with van der Waals surface area (Å²) in [5.74, 6) is 0.0323. The fourth-order valence-corrected chi connectivity index (χ4v) is 2.58. The lowest BCUT2D eigenvalue weighted by Gasteiger charge is -2.24. The van der Waals surface area contributed by atoms with Crippen LogP contribution in [0.3, 0.4) is 0 Å². The highest BCUT2D eigenvalue weighted by Crippen LogP contribution is 2.23. The van der Waals surface area contributed by atoms with Gasteiger partial charge in [-0.05, 0) is 49.9 Å². The zero-order valence-corrected chi connectivity index (χ0v) is 10.9. The zero-order valence-electron chi connectivity index (χ0n) is 10.9. The molecule has 0 radical (unpaired) electrons. The second kappa shape index (κ2) is 6.35. The summed E-state index contributed by atoms with van der Waals surface area (Å²) in [5, 5.41) is 17.6. The van der Waals surface area contributed by atoms with Crippen LogP contribution in [0.4, 0.5) is 0 Å². The molecule has 1 aliphatic heterocycles. The number of likely N-dealkylation sites (tertiary alicyclic amines) is 1. The van der Waals surface area contributed by atoms with Crippen molar-refractivity contribution in [2.45, 2.75) is 31.7 Å². The predicted octanol–water partition coefficient (Wildman–Crippen LogP) is 1.94. The molecule has 4 heteroatoms. The summed E-state index contributed by atoms with van der Waals surface area (Å²) in [5.41, 5.74) is 1.20. The van der Waals surface area contributed by atoms with Gasteiger partial charge in [0, 0.05) is 24.8 Å². The minimum Gasteiger partial charge on any atom is -0.396 e. The summed E-state index contributed by atoms with van der Waals surface area (Å²) in [4.78, 5) is 14.3. The molecule has 1 unspecified atom stereocenters. The van der Waals surface area contributed by atoms with E-state index >= 15 is 0 Å². The Morgan fingerprint density at radius 3 is 2.79 bits per heavy atom. The molecule has 0 saturated carbocycles. The van der Waals surface area contributed by atoms with E-state index in [0.717, 1.165) is 32.2 Å². The van der Waals surface area contributed by atoms with Crippen LogP contribution in [0.1, 0.15) is 41.6 Å². The van der Waals surface area contributed by atoms with Gasteiger partial charge < -0.3 is 10.0 Å². The van der Waals surface area contributed by atoms with Gasteiger partial charge in [-0.25, -0.2) is 0 Å². The van der Waals surface area contributed by atoms with Crippen LogP contribution in [0.25, 0.3) is 0 Å². The Hall–Kier alpha value is -1.86. The second-order valence-electron chi connectivity index (χ2n) is 4.85. The second-order valence-corrected chi connectivity index (χ2v) is 4.85. The average Bonchev–Trinajstić information content (AvgIpc) is 2.92. The fourth-order valence-electron chi connectivity index (χ4n) is 2.58. The molecule has 1 N–H and O–H groups in total. The first-order valence-electron chi connectivity index (χ1n) is 6.68. The van der Waals surface area contributed by atoms with Gasteiger partial charge in [-0.3, -0.25) is 4.79 Å². The SMILES string of the molecule is N#Cc1ccc(C(=O)N2CCCC2CCCO)cc1. The van der Waals surface area contributed by atoms with E-state index in [1.807, 2.05) is 11.0 Å². The summed E-state index contributed by atoms with van der Waals surface area (Å²) in [6.07, 6.45) is 3.64. The molecule has 1 heterocycles. The van der Waals surface area contributed by atoms with Gasteiger partial charge in [0.15, 0.2) is 0 Å². The number of carbonyl (C=O) groups is 1. The number of nitriles is 1. The van der Waals surface area contributed by atoms with E-state index in [1.165, 1.54) is 0 Å². The van der Waals surface area contributed by atoms with E-state index in [0.29, 0.717) is 11.1 Å². The Balaban J connectivity index is 2.07. The number of nitrogens with zero attached hydrogens (tertiary/aromatic N) is 2. The third-order valence-electron chi connectivity index (χ3n) is 3.59. The van der Waals surface area contributed by atoms with Crippen LogP contribution in [0, 0.1) is 11.3 Å². The molecule has 0 spiro atoms. The number of carbonyl (C=O) groups excluding carboxylic acids is 1. The maximum Gasteiger partial charge on any atom is 0.254 e. The highest BCUT2D eigenvalue weighted by molar-refractivity contribution is 5.94. The van der Waals surface area contributed by atoms with Crippen LogP contribution >= 0.6 is 0 Å². The molecule has 1 fully saturated rings. The molecule has 1 atom stereocenters. The average molecular weight is 258 g/mol. The highest BCUT2D eigenvalue weighted by Gasteiger charge is 2.28. The number of rotatable bonds is 4. The number of hydrogen-bond acceptors (Lipinski definition) is 3. The summed E-state index contributed by atoms with van der Waals surface area (Å²) in [6.45, 7) is 0.963. The molecule has 1 amide bonds. The van der Waals surface area contributed by atoms with Gasteiger partial charge in [0.2, 0.25) is 0 Å². The topological polar surface area (TPSA) is 64.3 Å².